The van der Waals surface area contributed by atoms with Crippen LogP contribution in [0.25, 0.3) is 11.3 Å². The summed E-state index contributed by atoms with van der Waals surface area (Å²) in [4.78, 5) is 17.1. The fraction of sp³-hybridized carbons (Fsp3) is 0.133. The van der Waals surface area contributed by atoms with Gasteiger partial charge < -0.3 is 14.3 Å². The molecule has 0 spiro atoms. The Balaban J connectivity index is 2.21. The van der Waals surface area contributed by atoms with E-state index in [2.05, 4.69) is 10.2 Å². The van der Waals surface area contributed by atoms with Gasteiger partial charge in [-0.25, -0.2) is 9.63 Å². The highest BCUT2D eigenvalue weighted by Crippen LogP contribution is 2.40. The average molecular weight is 322 g/mol. The molecule has 1 aliphatic rings. The smallest absolute Gasteiger partial charge is 0.373 e. The molecule has 1 aliphatic heterocycles. The lowest BCUT2D eigenvalue weighted by atomic mass is 9.95. The van der Waals surface area contributed by atoms with Gasteiger partial charge in [-0.15, -0.1) is 0 Å². The number of carbonyl (C=O) groups is 1. The number of ether oxygens (including phenoxy) is 1. The highest BCUT2D eigenvalue weighted by atomic mass is 35.5. The number of methoxy groups -OCH3 is 1. The van der Waals surface area contributed by atoms with Gasteiger partial charge in [0, 0.05) is 0 Å². The summed E-state index contributed by atoms with van der Waals surface area (Å²) in [5, 5.41) is 10.8. The summed E-state index contributed by atoms with van der Waals surface area (Å²) >= 11 is 5.78. The van der Waals surface area contributed by atoms with E-state index in [4.69, 9.17) is 20.9 Å². The van der Waals surface area contributed by atoms with E-state index in [1.165, 1.54) is 0 Å². The van der Waals surface area contributed by atoms with E-state index in [1.54, 1.807) is 36.4 Å². The van der Waals surface area contributed by atoms with Crippen molar-refractivity contribution >= 4 is 28.8 Å². The van der Waals surface area contributed by atoms with Crippen LogP contribution in [0, 0.1) is 0 Å². The number of aliphatic hydroxyl groups is 1. The van der Waals surface area contributed by atoms with E-state index >= 15 is 0 Å². The zero-order valence-electron chi connectivity index (χ0n) is 11.5. The van der Waals surface area contributed by atoms with Crippen LogP contribution < -0.4 is 5.48 Å². The van der Waals surface area contributed by atoms with Gasteiger partial charge in [-0.1, -0.05) is 30.3 Å². The first kappa shape index (κ1) is 14.6. The molecule has 0 bridgehead atoms. The first-order valence-corrected chi connectivity index (χ1v) is 6.74. The molecule has 0 saturated carbocycles. The quantitative estimate of drug-likeness (QED) is 0.844. The first-order chi connectivity index (χ1) is 10.6. The highest BCUT2D eigenvalue weighted by molar-refractivity contribution is 6.29. The van der Waals surface area contributed by atoms with Gasteiger partial charge in [-0.3, -0.25) is 5.48 Å². The van der Waals surface area contributed by atoms with E-state index in [0.717, 1.165) is 7.11 Å². The van der Waals surface area contributed by atoms with Crippen molar-refractivity contribution in [3.05, 3.63) is 59.0 Å². The summed E-state index contributed by atoms with van der Waals surface area (Å²) in [6.07, 6.45) is 0. The Morgan fingerprint density at radius 2 is 2.00 bits per heavy atom. The fourth-order valence-electron chi connectivity index (χ4n) is 2.25. The summed E-state index contributed by atoms with van der Waals surface area (Å²) in [6.45, 7) is 0. The lowest BCUT2D eigenvalue weighted by Gasteiger charge is -2.20. The Morgan fingerprint density at radius 1 is 1.27 bits per heavy atom. The van der Waals surface area contributed by atoms with E-state index in [-0.39, 0.29) is 10.8 Å². The van der Waals surface area contributed by atoms with Crippen molar-refractivity contribution in [3.63, 3.8) is 0 Å². The number of benzene rings is 1. The molecule has 0 radical (unpaired) electrons. The van der Waals surface area contributed by atoms with E-state index < -0.39 is 11.8 Å². The predicted molar refractivity (Wildman–Crippen MR) is 78.2 cm³/mol. The molecule has 3 rings (SSSR count). The number of nitrogens with one attached hydrogen (secondary N) is 1. The number of esters is 1. The number of furan rings is 1. The molecule has 7 heteroatoms. The molecule has 1 aromatic carbocycles. The molecule has 1 aromatic heterocycles. The number of halogens is 1. The molecule has 1 atom stereocenters. The van der Waals surface area contributed by atoms with E-state index in [1.807, 2.05) is 6.07 Å². The third-order valence-corrected chi connectivity index (χ3v) is 3.44. The van der Waals surface area contributed by atoms with Gasteiger partial charge in [0.1, 0.15) is 5.70 Å². The van der Waals surface area contributed by atoms with Crippen LogP contribution in [0.3, 0.4) is 0 Å². The monoisotopic (exact) mass is 321 g/mol. The third kappa shape index (κ3) is 2.27. The molecule has 2 heterocycles. The van der Waals surface area contributed by atoms with Crippen molar-refractivity contribution in [1.82, 2.24) is 5.48 Å². The molecule has 0 aliphatic carbocycles. The van der Waals surface area contributed by atoms with Crippen LogP contribution in [0.2, 0.25) is 5.22 Å². The van der Waals surface area contributed by atoms with Gasteiger partial charge in [-0.05, 0) is 29.3 Å². The summed E-state index contributed by atoms with van der Waals surface area (Å²) < 4.78 is 9.96. The van der Waals surface area contributed by atoms with Crippen LogP contribution in [-0.2, 0) is 14.4 Å². The summed E-state index contributed by atoms with van der Waals surface area (Å²) in [6, 6.07) is 11.9. The SMILES string of the molecule is COC(=O)C1(O)ONC(c2ccc(Cl)o2)=C1c1ccccc1. The average Bonchev–Trinajstić information content (AvgIpc) is 3.11. The van der Waals surface area contributed by atoms with Crippen molar-refractivity contribution < 1.29 is 23.9 Å². The second-order valence-electron chi connectivity index (χ2n) is 4.56. The van der Waals surface area contributed by atoms with Gasteiger partial charge in [0.2, 0.25) is 0 Å². The van der Waals surface area contributed by atoms with Crippen molar-refractivity contribution in [1.29, 1.82) is 0 Å². The van der Waals surface area contributed by atoms with Crippen LogP contribution in [0.15, 0.2) is 46.9 Å². The van der Waals surface area contributed by atoms with Crippen LogP contribution in [0.5, 0.6) is 0 Å². The predicted octanol–water partition coefficient (Wildman–Crippen LogP) is 2.20. The highest BCUT2D eigenvalue weighted by Gasteiger charge is 2.51. The van der Waals surface area contributed by atoms with Gasteiger partial charge in [0.15, 0.2) is 11.0 Å². The van der Waals surface area contributed by atoms with Crippen LogP contribution >= 0.6 is 11.6 Å². The van der Waals surface area contributed by atoms with Crippen LogP contribution in [0.1, 0.15) is 11.3 Å². The third-order valence-electron chi connectivity index (χ3n) is 3.23. The standard InChI is InChI=1S/C15H12ClNO5/c1-20-14(18)15(19)12(9-5-3-2-4-6-9)13(17-22-15)10-7-8-11(16)21-10/h2-8,17,19H,1H3. The van der Waals surface area contributed by atoms with Gasteiger partial charge >= 0.3 is 11.8 Å². The maximum absolute atomic E-state index is 12.0. The number of rotatable bonds is 3. The van der Waals surface area contributed by atoms with Crippen molar-refractivity contribution in [2.24, 2.45) is 0 Å². The Morgan fingerprint density at radius 3 is 2.59 bits per heavy atom. The molecular weight excluding hydrogens is 310 g/mol. The fourth-order valence-corrected chi connectivity index (χ4v) is 2.39. The zero-order valence-corrected chi connectivity index (χ0v) is 12.3. The van der Waals surface area contributed by atoms with Crippen LogP contribution in [0.4, 0.5) is 0 Å². The molecule has 2 N–H and O–H groups in total. The van der Waals surface area contributed by atoms with Crippen molar-refractivity contribution in [3.8, 4) is 0 Å². The Labute approximate surface area is 130 Å². The minimum absolute atomic E-state index is 0.171. The molecule has 1 unspecified atom stereocenters. The van der Waals surface area contributed by atoms with Gasteiger partial charge in [0.25, 0.3) is 0 Å². The van der Waals surface area contributed by atoms with Crippen molar-refractivity contribution in [2.45, 2.75) is 5.79 Å². The summed E-state index contributed by atoms with van der Waals surface area (Å²) in [5.41, 5.74) is 3.57. The van der Waals surface area contributed by atoms with Gasteiger partial charge in [0.05, 0.1) is 12.7 Å². The zero-order chi connectivity index (χ0) is 15.7. The second kappa shape index (κ2) is 5.49. The largest absolute Gasteiger partial charge is 0.465 e. The normalized spacial score (nSPS) is 20.9. The van der Waals surface area contributed by atoms with Crippen molar-refractivity contribution in [2.75, 3.05) is 7.11 Å². The molecule has 114 valence electrons. The molecule has 6 nitrogen and oxygen atoms in total. The topological polar surface area (TPSA) is 80.9 Å². The van der Waals surface area contributed by atoms with E-state index in [0.29, 0.717) is 17.0 Å². The molecule has 0 fully saturated rings. The Bertz CT molecular complexity index is 739. The molecular formula is C15H12ClNO5. The maximum Gasteiger partial charge on any atom is 0.373 e. The minimum atomic E-state index is -2.29. The Kier molecular flexibility index (Phi) is 3.66. The summed E-state index contributed by atoms with van der Waals surface area (Å²) in [5.74, 6) is -2.92. The Hall–Kier alpha value is -2.28. The summed E-state index contributed by atoms with van der Waals surface area (Å²) in [7, 11) is 1.16. The maximum atomic E-state index is 12.0. The molecule has 22 heavy (non-hydrogen) atoms. The molecule has 0 saturated heterocycles. The number of hydrogen-bond acceptors (Lipinski definition) is 6. The minimum Gasteiger partial charge on any atom is -0.465 e. The number of carbonyl (C=O) groups excluding carboxylic acids is 1. The number of hydrogen-bond donors (Lipinski definition) is 2. The lowest BCUT2D eigenvalue weighted by molar-refractivity contribution is -0.209. The lowest BCUT2D eigenvalue weighted by Crippen LogP contribution is -2.42. The first-order valence-electron chi connectivity index (χ1n) is 6.37. The molecule has 2 aromatic rings. The number of hydroxylamine groups is 1. The van der Waals surface area contributed by atoms with Gasteiger partial charge in [-0.2, -0.15) is 0 Å². The molecule has 0 amide bonds. The van der Waals surface area contributed by atoms with Crippen LogP contribution in [-0.4, -0.2) is 24.0 Å². The van der Waals surface area contributed by atoms with E-state index in [9.17, 15) is 9.90 Å². The second-order valence-corrected chi connectivity index (χ2v) is 4.93.